The Balaban J connectivity index is 4.01. The Hall–Kier alpha value is -1.19. The molecule has 0 aromatic heterocycles. The minimum atomic E-state index is -0.815. The number of carbonyl (C=O) groups is 1. The van der Waals surface area contributed by atoms with Crippen LogP contribution in [0.5, 0.6) is 0 Å². The highest BCUT2D eigenvalue weighted by Crippen LogP contribution is 2.20. The Morgan fingerprint density at radius 3 is 2.31 bits per heavy atom. The van der Waals surface area contributed by atoms with Gasteiger partial charge in [-0.2, -0.15) is 4.79 Å². The van der Waals surface area contributed by atoms with Crippen molar-refractivity contribution in [3.05, 3.63) is 12.8 Å². The molecule has 1 atom stereocenters. The molecule has 0 saturated heterocycles. The second kappa shape index (κ2) is 9.07. The quantitative estimate of drug-likeness (QED) is 0.275. The Morgan fingerprint density at radius 2 is 1.88 bits per heavy atom. The van der Waals surface area contributed by atoms with Crippen LogP contribution >= 0.6 is 0 Å². The summed E-state index contributed by atoms with van der Waals surface area (Å²) in [5.74, 6) is 0.381. The van der Waals surface area contributed by atoms with Crippen molar-refractivity contribution in [2.24, 2.45) is 5.92 Å². The molecule has 0 bridgehead atoms. The second-order valence-corrected chi connectivity index (χ2v) is 3.76. The molecule has 0 saturated carbocycles. The van der Waals surface area contributed by atoms with Crippen molar-refractivity contribution in [2.75, 3.05) is 0 Å². The zero-order chi connectivity index (χ0) is 12.4. The molecule has 0 rings (SSSR count). The molecule has 1 unspecified atom stereocenters. The number of ether oxygens (including phenoxy) is 1. The lowest BCUT2D eigenvalue weighted by Crippen LogP contribution is -2.24. The molecule has 16 heavy (non-hydrogen) atoms. The highest BCUT2D eigenvalue weighted by Gasteiger charge is 2.20. The standard InChI is InChI=1S/C12H22O4/c1-5-8-11(9-6-2)10(4)15-12(13)16-14-7-3/h7,10-11H,3,5-6,8-9H2,1-2,4H3. The molecule has 0 aromatic rings. The molecule has 0 spiro atoms. The molecule has 0 amide bonds. The Bertz CT molecular complexity index is 197. The van der Waals surface area contributed by atoms with Crippen LogP contribution in [0.1, 0.15) is 46.5 Å². The van der Waals surface area contributed by atoms with Crippen LogP contribution in [0.25, 0.3) is 0 Å². The molecule has 0 aliphatic rings. The summed E-state index contributed by atoms with van der Waals surface area (Å²) in [6, 6.07) is 0. The molecule has 0 heterocycles. The molecule has 0 aliphatic carbocycles. The number of hydrogen-bond acceptors (Lipinski definition) is 4. The zero-order valence-electron chi connectivity index (χ0n) is 10.4. The van der Waals surface area contributed by atoms with Crippen molar-refractivity contribution in [2.45, 2.75) is 52.6 Å². The SMILES string of the molecule is C=COOC(=O)OC(C)C(CCC)CCC. The molecule has 4 nitrogen and oxygen atoms in total. The van der Waals surface area contributed by atoms with Crippen LogP contribution in [-0.4, -0.2) is 12.3 Å². The maximum absolute atomic E-state index is 11.1. The normalized spacial score (nSPS) is 12.0. The zero-order valence-corrected chi connectivity index (χ0v) is 10.4. The first kappa shape index (κ1) is 14.8. The summed E-state index contributed by atoms with van der Waals surface area (Å²) < 4.78 is 5.09. The fraction of sp³-hybridized carbons (Fsp3) is 0.750. The highest BCUT2D eigenvalue weighted by molar-refractivity contribution is 5.59. The average Bonchev–Trinajstić information content (AvgIpc) is 2.26. The lowest BCUT2D eigenvalue weighted by Gasteiger charge is -2.22. The van der Waals surface area contributed by atoms with Crippen LogP contribution < -0.4 is 0 Å². The van der Waals surface area contributed by atoms with Crippen molar-refractivity contribution >= 4 is 6.16 Å². The monoisotopic (exact) mass is 230 g/mol. The van der Waals surface area contributed by atoms with Gasteiger partial charge in [0.25, 0.3) is 0 Å². The van der Waals surface area contributed by atoms with E-state index in [1.54, 1.807) is 0 Å². The van der Waals surface area contributed by atoms with Gasteiger partial charge in [0.05, 0.1) is 0 Å². The van der Waals surface area contributed by atoms with Gasteiger partial charge in [-0.15, -0.1) is 0 Å². The maximum Gasteiger partial charge on any atom is 0.550 e. The van der Waals surface area contributed by atoms with Crippen molar-refractivity contribution in [1.82, 2.24) is 0 Å². The van der Waals surface area contributed by atoms with E-state index < -0.39 is 6.16 Å². The van der Waals surface area contributed by atoms with Gasteiger partial charge in [-0.3, -0.25) is 4.89 Å². The predicted octanol–water partition coefficient (Wildman–Crippen LogP) is 3.82. The van der Waals surface area contributed by atoms with E-state index in [4.69, 9.17) is 4.74 Å². The molecule has 94 valence electrons. The van der Waals surface area contributed by atoms with Gasteiger partial charge in [0, 0.05) is 0 Å². The molecule has 0 N–H and O–H groups in total. The van der Waals surface area contributed by atoms with Gasteiger partial charge in [0.15, 0.2) is 0 Å². The van der Waals surface area contributed by atoms with Gasteiger partial charge in [-0.1, -0.05) is 33.3 Å². The molecule has 0 aliphatic heterocycles. The van der Waals surface area contributed by atoms with E-state index in [0.717, 1.165) is 31.9 Å². The molecular weight excluding hydrogens is 208 g/mol. The first-order chi connectivity index (χ1) is 7.65. The third-order valence-corrected chi connectivity index (χ3v) is 2.45. The van der Waals surface area contributed by atoms with E-state index in [2.05, 4.69) is 30.2 Å². The van der Waals surface area contributed by atoms with Gasteiger partial charge in [0.1, 0.15) is 12.4 Å². The topological polar surface area (TPSA) is 44.8 Å². The predicted molar refractivity (Wildman–Crippen MR) is 61.6 cm³/mol. The van der Waals surface area contributed by atoms with E-state index >= 15 is 0 Å². The van der Waals surface area contributed by atoms with E-state index in [0.29, 0.717) is 5.92 Å². The second-order valence-electron chi connectivity index (χ2n) is 3.76. The molecule has 0 radical (unpaired) electrons. The van der Waals surface area contributed by atoms with Crippen molar-refractivity contribution in [3.8, 4) is 0 Å². The molecule has 4 heteroatoms. The van der Waals surface area contributed by atoms with E-state index in [1.165, 1.54) is 0 Å². The lowest BCUT2D eigenvalue weighted by atomic mass is 9.93. The summed E-state index contributed by atoms with van der Waals surface area (Å²) in [7, 11) is 0. The van der Waals surface area contributed by atoms with Crippen molar-refractivity contribution in [3.63, 3.8) is 0 Å². The van der Waals surface area contributed by atoms with Crippen LogP contribution in [0, 0.1) is 5.92 Å². The van der Waals surface area contributed by atoms with E-state index in [-0.39, 0.29) is 6.10 Å². The smallest absolute Gasteiger partial charge is 0.428 e. The fourth-order valence-corrected chi connectivity index (χ4v) is 1.70. The van der Waals surface area contributed by atoms with Gasteiger partial charge >= 0.3 is 6.16 Å². The number of rotatable bonds is 8. The Labute approximate surface area is 97.5 Å². The summed E-state index contributed by atoms with van der Waals surface area (Å²) >= 11 is 0. The van der Waals surface area contributed by atoms with Crippen molar-refractivity contribution in [1.29, 1.82) is 0 Å². The Kier molecular flexibility index (Phi) is 8.39. The van der Waals surface area contributed by atoms with Crippen LogP contribution in [-0.2, 0) is 14.5 Å². The van der Waals surface area contributed by atoms with Crippen LogP contribution in [0.4, 0.5) is 4.79 Å². The summed E-state index contributed by atoms with van der Waals surface area (Å²) in [4.78, 5) is 19.7. The summed E-state index contributed by atoms with van der Waals surface area (Å²) in [6.45, 7) is 9.37. The average molecular weight is 230 g/mol. The first-order valence-electron chi connectivity index (χ1n) is 5.80. The molecule has 0 aromatic carbocycles. The summed E-state index contributed by atoms with van der Waals surface area (Å²) in [5.41, 5.74) is 0. The van der Waals surface area contributed by atoms with Crippen molar-refractivity contribution < 1.29 is 19.3 Å². The lowest BCUT2D eigenvalue weighted by molar-refractivity contribution is -0.213. The van der Waals surface area contributed by atoms with Gasteiger partial charge < -0.3 is 4.74 Å². The van der Waals surface area contributed by atoms with E-state index in [1.807, 2.05) is 6.92 Å². The van der Waals surface area contributed by atoms with E-state index in [9.17, 15) is 4.79 Å². The highest BCUT2D eigenvalue weighted by atomic mass is 17.2. The van der Waals surface area contributed by atoms with Gasteiger partial charge in [-0.05, 0) is 25.7 Å². The minimum absolute atomic E-state index is 0.152. The molecule has 0 fully saturated rings. The van der Waals surface area contributed by atoms with Gasteiger partial charge in [-0.25, -0.2) is 4.89 Å². The Morgan fingerprint density at radius 1 is 1.31 bits per heavy atom. The third-order valence-electron chi connectivity index (χ3n) is 2.45. The minimum Gasteiger partial charge on any atom is -0.428 e. The largest absolute Gasteiger partial charge is 0.550 e. The van der Waals surface area contributed by atoms with Crippen LogP contribution in [0.2, 0.25) is 0 Å². The summed E-state index contributed by atoms with van der Waals surface area (Å²) in [5, 5.41) is 0. The maximum atomic E-state index is 11.1. The van der Waals surface area contributed by atoms with Crippen LogP contribution in [0.15, 0.2) is 12.8 Å². The third kappa shape index (κ3) is 6.32. The number of carbonyl (C=O) groups excluding carboxylic acids is 1. The molecular formula is C12H22O4. The van der Waals surface area contributed by atoms with Gasteiger partial charge in [0.2, 0.25) is 0 Å². The number of hydrogen-bond donors (Lipinski definition) is 0. The fourth-order valence-electron chi connectivity index (χ4n) is 1.70. The first-order valence-corrected chi connectivity index (χ1v) is 5.80. The van der Waals surface area contributed by atoms with Crippen LogP contribution in [0.3, 0.4) is 0 Å². The summed E-state index contributed by atoms with van der Waals surface area (Å²) in [6.07, 6.45) is 4.31.